The SMILES string of the molecule is CC(C)OC(=O)c1cc(-c2nn(C)c(C(F)(F)F)c2Br)c(F)cc1Cl.CC1(C)OC(c2ccco2)CN1C(=O)C(Cl)Cl.CCc1cccc(CC)c1N(COC)C(=O)CCl.O=C(O)CNCP(=O)(O)O. The molecule has 1 unspecified atom stereocenters. The van der Waals surface area contributed by atoms with E-state index >= 15 is 0 Å². The first-order chi connectivity index (χ1) is 32.5. The van der Waals surface area contributed by atoms with Crippen LogP contribution in [0.3, 0.4) is 0 Å². The summed E-state index contributed by atoms with van der Waals surface area (Å²) in [5.74, 6) is -2.71. The highest BCUT2D eigenvalue weighted by Crippen LogP contribution is 2.42. The van der Waals surface area contributed by atoms with Crippen LogP contribution in [0.4, 0.5) is 23.2 Å². The van der Waals surface area contributed by atoms with Crippen molar-refractivity contribution in [1.29, 1.82) is 0 Å². The molecule has 0 radical (unpaired) electrons. The third kappa shape index (κ3) is 18.4. The van der Waals surface area contributed by atoms with Crippen molar-refractivity contribution in [2.45, 2.75) is 83.3 Å². The maximum atomic E-state index is 14.3. The molecule has 1 fully saturated rings. The summed E-state index contributed by atoms with van der Waals surface area (Å²) in [5.41, 5.74) is 0.641. The second-order valence-electron chi connectivity index (χ2n) is 15.4. The molecule has 1 atom stereocenters. The number of benzene rings is 2. The van der Waals surface area contributed by atoms with Gasteiger partial charge in [0.25, 0.3) is 5.91 Å². The van der Waals surface area contributed by atoms with Gasteiger partial charge in [0.15, 0.2) is 10.5 Å². The molecule has 4 aromatic rings. The number of esters is 1. The lowest BCUT2D eigenvalue weighted by Gasteiger charge is -2.29. The number of carboxylic acid groups (broad SMARTS) is 1. The number of anilines is 1. The Balaban J connectivity index is 0.000000335. The summed E-state index contributed by atoms with van der Waals surface area (Å²) in [6.07, 6.45) is -2.70. The zero-order valence-corrected chi connectivity index (χ0v) is 44.5. The van der Waals surface area contributed by atoms with Crippen molar-refractivity contribution in [3.05, 3.63) is 92.2 Å². The van der Waals surface area contributed by atoms with Gasteiger partial charge in [-0.25, -0.2) is 9.18 Å². The van der Waals surface area contributed by atoms with Gasteiger partial charge in [0.2, 0.25) is 5.91 Å². The number of carboxylic acids is 1. The van der Waals surface area contributed by atoms with Gasteiger partial charge in [-0.2, -0.15) is 18.3 Å². The molecule has 0 spiro atoms. The Bertz CT molecular complexity index is 2420. The first-order valence-corrected chi connectivity index (χ1v) is 25.1. The number of rotatable bonds is 15. The summed E-state index contributed by atoms with van der Waals surface area (Å²) in [5, 5.41) is 13.6. The summed E-state index contributed by atoms with van der Waals surface area (Å²) in [4.78, 5) is 64.0. The van der Waals surface area contributed by atoms with Crippen LogP contribution in [-0.4, -0.2) is 109 Å². The van der Waals surface area contributed by atoms with E-state index in [1.54, 1.807) is 52.0 Å². The normalized spacial score (nSPS) is 14.2. The molecule has 2 aromatic carbocycles. The number of nitrogens with zero attached hydrogens (tertiary/aromatic N) is 4. The monoisotopic (exact) mass is 1160 g/mol. The van der Waals surface area contributed by atoms with Gasteiger partial charge < -0.3 is 38.4 Å². The Kier molecular flexibility index (Phi) is 24.8. The molecule has 3 heterocycles. The molecule has 4 N–H and O–H groups in total. The minimum Gasteiger partial charge on any atom is -0.480 e. The number of hydrogen-bond acceptors (Lipinski definition) is 11. The Labute approximate surface area is 429 Å². The molecular weight excluding hydrogens is 1110 g/mol. The standard InChI is InChI=1S/C15H12BrClF4N2O2.C14H20ClNO2.C11H13Cl2NO3.C3H8NO5P/c1-6(2)25-14(24)7-4-8(10(18)5-9(7)17)12-11(16)13(15(19,20)21)23(3)22-12;1-4-11-7-6-8-12(5-2)14(11)16(10-18-3)13(17)9-15;1-11(2)14(10(15)9(12)13)6-8(17-11)7-4-3-5-16-7;5-3(6)1-4-2-10(7,8)9/h4-6H,1-3H3;6-8H,4-5,9-10H2,1-3H3;3-5,8-9H,6H2,1-2H3;4H,1-2H2,(H,5,6)(H2,7,8,9). The van der Waals surface area contributed by atoms with Crippen LogP contribution in [0.15, 0.2) is 57.6 Å². The van der Waals surface area contributed by atoms with E-state index in [4.69, 9.17) is 79.9 Å². The van der Waals surface area contributed by atoms with Gasteiger partial charge in [-0.15, -0.1) is 11.6 Å². The number of aliphatic carboxylic acids is 1. The number of nitrogens with one attached hydrogen (secondary N) is 1. The Morgan fingerprint density at radius 1 is 1.09 bits per heavy atom. The van der Waals surface area contributed by atoms with Crippen molar-refractivity contribution in [2.24, 2.45) is 7.05 Å². The number of hydrogen-bond donors (Lipinski definition) is 4. The van der Waals surface area contributed by atoms with Crippen LogP contribution in [0.5, 0.6) is 0 Å². The maximum absolute atomic E-state index is 14.3. The second kappa shape index (κ2) is 27.9. The van der Waals surface area contributed by atoms with Gasteiger partial charge >= 0.3 is 25.7 Å². The van der Waals surface area contributed by atoms with Crippen LogP contribution >= 0.6 is 69.9 Å². The molecule has 2 amide bonds. The molecule has 1 saturated heterocycles. The molecule has 70 heavy (non-hydrogen) atoms. The molecule has 0 aliphatic carbocycles. The first kappa shape index (κ1) is 62.3. The topological polar surface area (TPSA) is 223 Å². The fourth-order valence-electron chi connectivity index (χ4n) is 6.41. The number of carbonyl (C=O) groups is 4. The maximum Gasteiger partial charge on any atom is 0.434 e. The number of aromatic nitrogens is 2. The van der Waals surface area contributed by atoms with E-state index in [1.807, 2.05) is 24.3 Å². The van der Waals surface area contributed by atoms with Crippen LogP contribution in [0.2, 0.25) is 5.02 Å². The quantitative estimate of drug-likeness (QED) is 0.0286. The highest BCUT2D eigenvalue weighted by Gasteiger charge is 2.45. The van der Waals surface area contributed by atoms with E-state index in [-0.39, 0.29) is 52.4 Å². The van der Waals surface area contributed by atoms with Gasteiger partial charge in [0.1, 0.15) is 41.7 Å². The average molecular weight is 1160 g/mol. The third-order valence-electron chi connectivity index (χ3n) is 9.38. The van der Waals surface area contributed by atoms with E-state index in [0.29, 0.717) is 17.0 Å². The lowest BCUT2D eigenvalue weighted by Crippen LogP contribution is -2.45. The van der Waals surface area contributed by atoms with E-state index in [2.05, 4.69) is 40.2 Å². The van der Waals surface area contributed by atoms with Crippen LogP contribution in [-0.2, 0) is 59.2 Å². The summed E-state index contributed by atoms with van der Waals surface area (Å²) >= 11 is 25.6. The molecular formula is C43H53BrCl4F4N5O12P. The van der Waals surface area contributed by atoms with Gasteiger partial charge in [0, 0.05) is 19.7 Å². The van der Waals surface area contributed by atoms with Gasteiger partial charge in [0.05, 0.1) is 52.5 Å². The predicted molar refractivity (Wildman–Crippen MR) is 259 cm³/mol. The first-order valence-electron chi connectivity index (χ1n) is 20.7. The van der Waals surface area contributed by atoms with Gasteiger partial charge in [-0.1, -0.05) is 66.8 Å². The Morgan fingerprint density at radius 2 is 1.69 bits per heavy atom. The van der Waals surface area contributed by atoms with E-state index in [9.17, 15) is 41.3 Å². The number of alkyl halides is 6. The summed E-state index contributed by atoms with van der Waals surface area (Å²) in [6, 6.07) is 11.6. The van der Waals surface area contributed by atoms with E-state index in [0.717, 1.165) is 48.8 Å². The highest BCUT2D eigenvalue weighted by molar-refractivity contribution is 9.10. The number of methoxy groups -OCH3 is 1. The molecule has 1 aliphatic heterocycles. The van der Waals surface area contributed by atoms with Crippen molar-refractivity contribution >= 4 is 99.4 Å². The van der Waals surface area contributed by atoms with Crippen LogP contribution in [0, 0.1) is 5.82 Å². The minimum atomic E-state index is -4.69. The lowest BCUT2D eigenvalue weighted by molar-refractivity contribution is -0.145. The molecule has 5 rings (SSSR count). The zero-order valence-electron chi connectivity index (χ0n) is 39.0. The molecule has 1 aliphatic rings. The van der Waals surface area contributed by atoms with Gasteiger partial charge in [-0.3, -0.25) is 33.8 Å². The molecule has 17 nitrogen and oxygen atoms in total. The number of amides is 2. The number of aryl methyl sites for hydroxylation is 3. The zero-order chi connectivity index (χ0) is 53.5. The number of ether oxygens (including phenoxy) is 3. The van der Waals surface area contributed by atoms with Crippen molar-refractivity contribution in [3.63, 3.8) is 0 Å². The minimum absolute atomic E-state index is 0.0371. The van der Waals surface area contributed by atoms with Crippen molar-refractivity contribution in [3.8, 4) is 11.3 Å². The molecule has 0 saturated carbocycles. The molecule has 0 bridgehead atoms. The Hall–Kier alpha value is -3.80. The van der Waals surface area contributed by atoms with E-state index in [1.165, 1.54) is 4.90 Å². The number of carbonyl (C=O) groups excluding carboxylic acids is 3. The number of halogens is 9. The summed E-state index contributed by atoms with van der Waals surface area (Å²) in [7, 11) is -1.44. The number of para-hydroxylation sites is 1. The smallest absolute Gasteiger partial charge is 0.434 e. The van der Waals surface area contributed by atoms with Crippen LogP contribution in [0.25, 0.3) is 11.3 Å². The highest BCUT2D eigenvalue weighted by atomic mass is 79.9. The fraction of sp³-hybridized carbons (Fsp3) is 0.465. The van der Waals surface area contributed by atoms with Gasteiger partial charge in [-0.05, 0) is 91.9 Å². The van der Waals surface area contributed by atoms with Crippen molar-refractivity contribution in [1.82, 2.24) is 20.0 Å². The predicted octanol–water partition coefficient (Wildman–Crippen LogP) is 9.73. The average Bonchev–Trinajstić information content (AvgIpc) is 3.98. The number of furan rings is 1. The van der Waals surface area contributed by atoms with Crippen LogP contribution in [0.1, 0.15) is 80.6 Å². The second-order valence-corrected chi connectivity index (χ2v) is 19.6. The third-order valence-corrected chi connectivity index (χ3v) is 11.7. The van der Waals surface area contributed by atoms with Crippen molar-refractivity contribution < 1.29 is 74.8 Å². The van der Waals surface area contributed by atoms with Crippen molar-refractivity contribution in [2.75, 3.05) is 44.0 Å². The van der Waals surface area contributed by atoms with E-state index < -0.39 is 71.2 Å². The Morgan fingerprint density at radius 3 is 2.13 bits per heavy atom. The molecule has 390 valence electrons. The largest absolute Gasteiger partial charge is 0.480 e. The van der Waals surface area contributed by atoms with Crippen LogP contribution < -0.4 is 10.2 Å². The summed E-state index contributed by atoms with van der Waals surface area (Å²) < 4.78 is 84.9. The summed E-state index contributed by atoms with van der Waals surface area (Å²) in [6.45, 7) is 11.1. The molecule has 2 aromatic heterocycles. The lowest BCUT2D eigenvalue weighted by atomic mass is 10.0. The fourth-order valence-corrected chi connectivity index (χ4v) is 8.19. The molecule has 27 heteroatoms.